The molecule has 0 saturated heterocycles. The van der Waals surface area contributed by atoms with Crippen LogP contribution in [-0.4, -0.2) is 25.7 Å². The fraction of sp³-hybridized carbons (Fsp3) is 0.462. The number of fused-ring (bicyclic) bond motifs is 3. The van der Waals surface area contributed by atoms with E-state index in [4.69, 9.17) is 9.47 Å². The van der Waals surface area contributed by atoms with Crippen molar-refractivity contribution in [1.29, 1.82) is 0 Å². The minimum absolute atomic E-state index is 0.157. The number of nitrogens with one attached hydrogen (secondary N) is 1. The number of ether oxygens (including phenoxy) is 2. The second-order valence-electron chi connectivity index (χ2n) is 4.64. The third-order valence-corrected chi connectivity index (χ3v) is 3.83. The largest absolute Gasteiger partial charge is 0.497 e. The number of esters is 1. The summed E-state index contributed by atoms with van der Waals surface area (Å²) in [5, 5.41) is 3.30. The lowest BCUT2D eigenvalue weighted by Crippen LogP contribution is -2.43. The Labute approximate surface area is 99.9 Å². The van der Waals surface area contributed by atoms with Gasteiger partial charge in [0.15, 0.2) is 0 Å². The summed E-state index contributed by atoms with van der Waals surface area (Å²) in [5.74, 6) is 0.918. The monoisotopic (exact) mass is 233 g/mol. The predicted octanol–water partition coefficient (Wildman–Crippen LogP) is 1.20. The second kappa shape index (κ2) is 3.47. The molecular weight excluding hydrogens is 218 g/mol. The molecule has 3 rings (SSSR count). The third kappa shape index (κ3) is 1.37. The van der Waals surface area contributed by atoms with Crippen molar-refractivity contribution >= 4 is 5.97 Å². The Morgan fingerprint density at radius 2 is 2.29 bits per heavy atom. The Bertz CT molecular complexity index is 486. The highest BCUT2D eigenvalue weighted by molar-refractivity contribution is 5.87. The van der Waals surface area contributed by atoms with Crippen molar-refractivity contribution in [3.05, 3.63) is 29.3 Å². The van der Waals surface area contributed by atoms with Crippen molar-refractivity contribution in [2.75, 3.05) is 14.2 Å². The van der Waals surface area contributed by atoms with Crippen LogP contribution in [0.5, 0.6) is 5.75 Å². The maximum absolute atomic E-state index is 11.8. The maximum Gasteiger partial charge on any atom is 0.326 e. The number of hydrogen-bond donors (Lipinski definition) is 1. The van der Waals surface area contributed by atoms with E-state index in [0.717, 1.165) is 12.2 Å². The number of methoxy groups -OCH3 is 2. The highest BCUT2D eigenvalue weighted by Crippen LogP contribution is 2.56. The van der Waals surface area contributed by atoms with Gasteiger partial charge < -0.3 is 9.47 Å². The molecule has 0 spiro atoms. The Hall–Kier alpha value is -1.55. The van der Waals surface area contributed by atoms with Gasteiger partial charge in [-0.25, -0.2) is 0 Å². The van der Waals surface area contributed by atoms with Crippen molar-refractivity contribution in [2.24, 2.45) is 0 Å². The molecular formula is C13H15NO3. The van der Waals surface area contributed by atoms with E-state index in [1.165, 1.54) is 18.2 Å². The highest BCUT2D eigenvalue weighted by atomic mass is 16.5. The molecule has 1 aliphatic heterocycles. The van der Waals surface area contributed by atoms with E-state index < -0.39 is 5.54 Å². The molecule has 4 nitrogen and oxygen atoms in total. The molecule has 0 aromatic heterocycles. The Morgan fingerprint density at radius 1 is 1.47 bits per heavy atom. The van der Waals surface area contributed by atoms with Crippen molar-refractivity contribution in [1.82, 2.24) is 5.32 Å². The van der Waals surface area contributed by atoms with Crippen LogP contribution in [0, 0.1) is 0 Å². The molecule has 1 saturated carbocycles. The Balaban J connectivity index is 1.97. The average Bonchev–Trinajstić information content (AvgIpc) is 3.13. The number of rotatable bonds is 2. The zero-order chi connectivity index (χ0) is 12.0. The summed E-state index contributed by atoms with van der Waals surface area (Å²) in [6.45, 7) is 0.713. The molecule has 0 radical (unpaired) electrons. The first-order chi connectivity index (χ1) is 8.21. The molecule has 2 atom stereocenters. The van der Waals surface area contributed by atoms with E-state index in [-0.39, 0.29) is 11.9 Å². The Kier molecular flexibility index (Phi) is 2.16. The lowest BCUT2D eigenvalue weighted by Gasteiger charge is -2.24. The normalized spacial score (nSPS) is 28.9. The van der Waals surface area contributed by atoms with Crippen LogP contribution in [-0.2, 0) is 16.1 Å². The molecule has 1 heterocycles. The van der Waals surface area contributed by atoms with Gasteiger partial charge in [-0.05, 0) is 29.7 Å². The summed E-state index contributed by atoms with van der Waals surface area (Å²) < 4.78 is 10.1. The molecule has 1 aromatic carbocycles. The minimum atomic E-state index is -0.478. The third-order valence-electron chi connectivity index (χ3n) is 3.83. The molecule has 0 amide bonds. The zero-order valence-electron chi connectivity index (χ0n) is 9.95. The number of carbonyl (C=O) groups excluding carboxylic acids is 1. The fourth-order valence-corrected chi connectivity index (χ4v) is 2.75. The maximum atomic E-state index is 11.8. The fourth-order valence-electron chi connectivity index (χ4n) is 2.75. The number of hydrogen-bond acceptors (Lipinski definition) is 4. The summed E-state index contributed by atoms with van der Waals surface area (Å²) in [6, 6.07) is 6.04. The first-order valence-electron chi connectivity index (χ1n) is 5.71. The summed E-state index contributed by atoms with van der Waals surface area (Å²) in [4.78, 5) is 11.8. The summed E-state index contributed by atoms with van der Waals surface area (Å²) >= 11 is 0. The molecule has 4 heteroatoms. The van der Waals surface area contributed by atoms with Gasteiger partial charge >= 0.3 is 5.97 Å². The lowest BCUT2D eigenvalue weighted by atomic mass is 9.95. The molecule has 1 N–H and O–H groups in total. The van der Waals surface area contributed by atoms with Gasteiger partial charge in [-0.1, -0.05) is 6.07 Å². The average molecular weight is 233 g/mol. The summed E-state index contributed by atoms with van der Waals surface area (Å²) in [6.07, 6.45) is 0.819. The minimum Gasteiger partial charge on any atom is -0.497 e. The molecule has 0 bridgehead atoms. The van der Waals surface area contributed by atoms with E-state index in [9.17, 15) is 4.79 Å². The summed E-state index contributed by atoms with van der Waals surface area (Å²) in [7, 11) is 3.10. The molecule has 1 fully saturated rings. The summed E-state index contributed by atoms with van der Waals surface area (Å²) in [5.41, 5.74) is 1.98. The van der Waals surface area contributed by atoms with Gasteiger partial charge in [-0.3, -0.25) is 10.1 Å². The van der Waals surface area contributed by atoms with Crippen LogP contribution in [0.2, 0.25) is 0 Å². The zero-order valence-corrected chi connectivity index (χ0v) is 9.95. The van der Waals surface area contributed by atoms with Gasteiger partial charge in [0.05, 0.1) is 14.2 Å². The van der Waals surface area contributed by atoms with Gasteiger partial charge in [-0.2, -0.15) is 0 Å². The van der Waals surface area contributed by atoms with Crippen LogP contribution in [0.3, 0.4) is 0 Å². The molecule has 1 aromatic rings. The first-order valence-corrected chi connectivity index (χ1v) is 5.71. The van der Waals surface area contributed by atoms with Gasteiger partial charge in [0.25, 0.3) is 0 Å². The standard InChI is InChI=1S/C13H15NO3/c1-16-9-4-3-8-7-14-13(12(15)17-2)6-11(13)10(8)5-9/h3-5,11,14H,6-7H2,1-2H3. The topological polar surface area (TPSA) is 47.6 Å². The van der Waals surface area contributed by atoms with Crippen LogP contribution in [0.15, 0.2) is 18.2 Å². The van der Waals surface area contributed by atoms with E-state index in [1.807, 2.05) is 12.1 Å². The second-order valence-corrected chi connectivity index (χ2v) is 4.64. The van der Waals surface area contributed by atoms with Crippen LogP contribution in [0.4, 0.5) is 0 Å². The van der Waals surface area contributed by atoms with E-state index >= 15 is 0 Å². The van der Waals surface area contributed by atoms with Crippen LogP contribution in [0.25, 0.3) is 0 Å². The van der Waals surface area contributed by atoms with Crippen LogP contribution >= 0.6 is 0 Å². The highest BCUT2D eigenvalue weighted by Gasteiger charge is 2.63. The van der Waals surface area contributed by atoms with Gasteiger partial charge in [-0.15, -0.1) is 0 Å². The van der Waals surface area contributed by atoms with Crippen molar-refractivity contribution in [2.45, 2.75) is 24.4 Å². The molecule has 2 aliphatic rings. The van der Waals surface area contributed by atoms with Crippen molar-refractivity contribution < 1.29 is 14.3 Å². The first kappa shape index (κ1) is 10.6. The lowest BCUT2D eigenvalue weighted by molar-refractivity contribution is -0.144. The van der Waals surface area contributed by atoms with Crippen LogP contribution < -0.4 is 10.1 Å². The van der Waals surface area contributed by atoms with E-state index in [0.29, 0.717) is 6.54 Å². The van der Waals surface area contributed by atoms with Gasteiger partial charge in [0.2, 0.25) is 0 Å². The van der Waals surface area contributed by atoms with Crippen molar-refractivity contribution in [3.8, 4) is 5.75 Å². The Morgan fingerprint density at radius 3 is 3.00 bits per heavy atom. The van der Waals surface area contributed by atoms with Gasteiger partial charge in [0.1, 0.15) is 11.3 Å². The smallest absolute Gasteiger partial charge is 0.326 e. The molecule has 17 heavy (non-hydrogen) atoms. The predicted molar refractivity (Wildman–Crippen MR) is 61.9 cm³/mol. The molecule has 2 unspecified atom stereocenters. The van der Waals surface area contributed by atoms with Crippen LogP contribution in [0.1, 0.15) is 23.5 Å². The van der Waals surface area contributed by atoms with Crippen molar-refractivity contribution in [3.63, 3.8) is 0 Å². The SMILES string of the molecule is COC(=O)C12CC1c1cc(OC)ccc1CN2. The number of benzene rings is 1. The molecule has 90 valence electrons. The van der Waals surface area contributed by atoms with E-state index in [2.05, 4.69) is 11.4 Å². The number of carbonyl (C=O) groups is 1. The van der Waals surface area contributed by atoms with E-state index in [1.54, 1.807) is 7.11 Å². The quantitative estimate of drug-likeness (QED) is 0.780. The van der Waals surface area contributed by atoms with Gasteiger partial charge in [0, 0.05) is 12.5 Å². The molecule has 1 aliphatic carbocycles.